The predicted molar refractivity (Wildman–Crippen MR) is 65.8 cm³/mol. The van der Waals surface area contributed by atoms with Crippen LogP contribution < -0.4 is 0 Å². The molecule has 1 aliphatic heterocycles. The first-order chi connectivity index (χ1) is 7.08. The van der Waals surface area contributed by atoms with E-state index in [2.05, 4.69) is 26.5 Å². The van der Waals surface area contributed by atoms with E-state index in [4.69, 9.17) is 0 Å². The second-order valence-corrected chi connectivity index (χ2v) is 5.76. The zero-order valence-electron chi connectivity index (χ0n) is 8.93. The molecule has 0 N–H and O–H groups in total. The summed E-state index contributed by atoms with van der Waals surface area (Å²) in [7, 11) is 0. The molecule has 0 spiro atoms. The molecular weight excluding hydrogens is 226 g/mol. The molecule has 2 nitrogen and oxygen atoms in total. The van der Waals surface area contributed by atoms with Crippen molar-refractivity contribution in [3.63, 3.8) is 0 Å². The maximum atomic E-state index is 12.1. The van der Waals surface area contributed by atoms with Gasteiger partial charge in [0.2, 0.25) is 0 Å². The quantitative estimate of drug-likeness (QED) is 0.750. The molecule has 1 aromatic rings. The van der Waals surface area contributed by atoms with E-state index in [1.54, 1.807) is 0 Å². The normalized spacial score (nSPS) is 25.9. The lowest BCUT2D eigenvalue weighted by Crippen LogP contribution is -2.28. The van der Waals surface area contributed by atoms with Crippen molar-refractivity contribution in [3.05, 3.63) is 16.3 Å². The van der Waals surface area contributed by atoms with Crippen LogP contribution in [0.15, 0.2) is 16.3 Å². The summed E-state index contributed by atoms with van der Waals surface area (Å²) in [5.74, 6) is 1.39. The molecule has 2 unspecified atom stereocenters. The Kier molecular flexibility index (Phi) is 3.07. The summed E-state index contributed by atoms with van der Waals surface area (Å²) >= 11 is 5.70. The number of hydrogen-bond donors (Lipinski definition) is 1. The van der Waals surface area contributed by atoms with Crippen molar-refractivity contribution in [2.24, 2.45) is 11.8 Å². The van der Waals surface area contributed by atoms with E-state index in [-0.39, 0.29) is 5.91 Å². The first-order valence-corrected chi connectivity index (χ1v) is 6.47. The predicted octanol–water partition coefficient (Wildman–Crippen LogP) is 2.76. The van der Waals surface area contributed by atoms with Gasteiger partial charge in [-0.1, -0.05) is 13.8 Å². The highest BCUT2D eigenvalue weighted by molar-refractivity contribution is 7.80. The summed E-state index contributed by atoms with van der Waals surface area (Å²) < 4.78 is 0. The number of hydrogen-bond acceptors (Lipinski definition) is 3. The van der Waals surface area contributed by atoms with Crippen molar-refractivity contribution in [1.29, 1.82) is 0 Å². The molecule has 0 aliphatic carbocycles. The van der Waals surface area contributed by atoms with Crippen LogP contribution in [0.3, 0.4) is 0 Å². The molecular formula is C11H15NOS2. The van der Waals surface area contributed by atoms with Gasteiger partial charge in [-0.3, -0.25) is 4.79 Å². The van der Waals surface area contributed by atoms with E-state index in [1.807, 2.05) is 16.3 Å². The lowest BCUT2D eigenvalue weighted by atomic mass is 10.0. The summed E-state index contributed by atoms with van der Waals surface area (Å²) in [6, 6.07) is 1.85. The minimum Gasteiger partial charge on any atom is -0.337 e. The van der Waals surface area contributed by atoms with Crippen LogP contribution in [-0.4, -0.2) is 23.9 Å². The molecule has 1 amide bonds. The molecule has 0 radical (unpaired) electrons. The van der Waals surface area contributed by atoms with Gasteiger partial charge in [0, 0.05) is 23.4 Å². The Balaban J connectivity index is 2.10. The molecule has 2 rings (SSSR count). The van der Waals surface area contributed by atoms with Crippen molar-refractivity contribution >= 4 is 29.9 Å². The van der Waals surface area contributed by atoms with Gasteiger partial charge in [0.1, 0.15) is 0 Å². The van der Waals surface area contributed by atoms with E-state index < -0.39 is 0 Å². The molecule has 0 bridgehead atoms. The molecule has 82 valence electrons. The third kappa shape index (κ3) is 2.21. The lowest BCUT2D eigenvalue weighted by molar-refractivity contribution is 0.0789. The van der Waals surface area contributed by atoms with Gasteiger partial charge in [0.15, 0.2) is 0 Å². The van der Waals surface area contributed by atoms with E-state index >= 15 is 0 Å². The van der Waals surface area contributed by atoms with Crippen LogP contribution >= 0.6 is 24.0 Å². The standard InChI is InChI=1S/C11H15NOS2/c1-7-4-12(5-8(7)2)11(13)10-3-9(14)6-15-10/h3,6-8,14H,4-5H2,1-2H3. The first-order valence-electron chi connectivity index (χ1n) is 5.14. The van der Waals surface area contributed by atoms with Gasteiger partial charge in [-0.2, -0.15) is 0 Å². The molecule has 0 saturated carbocycles. The SMILES string of the molecule is CC1CN(C(=O)c2cc(S)cs2)CC1C. The molecule has 1 saturated heterocycles. The molecule has 1 fully saturated rings. The second kappa shape index (κ2) is 4.18. The van der Waals surface area contributed by atoms with Crippen LogP contribution in [0.4, 0.5) is 0 Å². The monoisotopic (exact) mass is 241 g/mol. The summed E-state index contributed by atoms with van der Waals surface area (Å²) in [6.45, 7) is 6.19. The smallest absolute Gasteiger partial charge is 0.263 e. The third-order valence-corrected chi connectivity index (χ3v) is 4.42. The van der Waals surface area contributed by atoms with Crippen LogP contribution in [0.25, 0.3) is 0 Å². The third-order valence-electron chi connectivity index (χ3n) is 3.07. The van der Waals surface area contributed by atoms with Crippen molar-refractivity contribution < 1.29 is 4.79 Å². The highest BCUT2D eigenvalue weighted by Gasteiger charge is 2.30. The fourth-order valence-electron chi connectivity index (χ4n) is 1.89. The highest BCUT2D eigenvalue weighted by atomic mass is 32.1. The van der Waals surface area contributed by atoms with Crippen LogP contribution in [0.2, 0.25) is 0 Å². The van der Waals surface area contributed by atoms with E-state index in [9.17, 15) is 4.79 Å². The number of likely N-dealkylation sites (tertiary alicyclic amines) is 1. The van der Waals surface area contributed by atoms with Crippen molar-refractivity contribution in [2.45, 2.75) is 18.7 Å². The first kappa shape index (κ1) is 11.0. The van der Waals surface area contributed by atoms with Crippen molar-refractivity contribution in [2.75, 3.05) is 13.1 Å². The number of carbonyl (C=O) groups excluding carboxylic acids is 1. The maximum Gasteiger partial charge on any atom is 0.263 e. The van der Waals surface area contributed by atoms with Gasteiger partial charge < -0.3 is 4.90 Å². The van der Waals surface area contributed by atoms with E-state index in [0.29, 0.717) is 11.8 Å². The zero-order chi connectivity index (χ0) is 11.0. The zero-order valence-corrected chi connectivity index (χ0v) is 10.6. The topological polar surface area (TPSA) is 20.3 Å². The van der Waals surface area contributed by atoms with Gasteiger partial charge in [0.05, 0.1) is 4.88 Å². The van der Waals surface area contributed by atoms with Crippen molar-refractivity contribution in [3.8, 4) is 0 Å². The Morgan fingerprint density at radius 1 is 1.47 bits per heavy atom. The Labute approximate surface area is 99.7 Å². The molecule has 4 heteroatoms. The molecule has 2 heterocycles. The fraction of sp³-hybridized carbons (Fsp3) is 0.545. The molecule has 1 aliphatic rings. The van der Waals surface area contributed by atoms with Crippen LogP contribution in [0.1, 0.15) is 23.5 Å². The minimum absolute atomic E-state index is 0.163. The average Bonchev–Trinajstić information content (AvgIpc) is 2.74. The summed E-state index contributed by atoms with van der Waals surface area (Å²) in [5.41, 5.74) is 0. The Bertz CT molecular complexity index is 364. The van der Waals surface area contributed by atoms with Gasteiger partial charge in [0.25, 0.3) is 5.91 Å². The van der Waals surface area contributed by atoms with Crippen LogP contribution in [-0.2, 0) is 0 Å². The number of thiol groups is 1. The number of carbonyl (C=O) groups is 1. The van der Waals surface area contributed by atoms with Gasteiger partial charge in [-0.25, -0.2) is 0 Å². The number of thiophene rings is 1. The summed E-state index contributed by atoms with van der Waals surface area (Å²) in [4.78, 5) is 15.7. The maximum absolute atomic E-state index is 12.1. The van der Waals surface area contributed by atoms with Crippen molar-refractivity contribution in [1.82, 2.24) is 4.90 Å². The van der Waals surface area contributed by atoms with Crippen LogP contribution in [0, 0.1) is 11.8 Å². The number of nitrogens with zero attached hydrogens (tertiary/aromatic N) is 1. The van der Waals surface area contributed by atoms with Gasteiger partial charge >= 0.3 is 0 Å². The highest BCUT2D eigenvalue weighted by Crippen LogP contribution is 2.26. The Morgan fingerprint density at radius 2 is 2.07 bits per heavy atom. The largest absolute Gasteiger partial charge is 0.337 e. The lowest BCUT2D eigenvalue weighted by Gasteiger charge is -2.14. The molecule has 2 atom stereocenters. The fourth-order valence-corrected chi connectivity index (χ4v) is 3.00. The molecule has 1 aromatic heterocycles. The number of rotatable bonds is 1. The van der Waals surface area contributed by atoms with Gasteiger partial charge in [-0.15, -0.1) is 24.0 Å². The Hall–Kier alpha value is -0.480. The average molecular weight is 241 g/mol. The van der Waals surface area contributed by atoms with Crippen LogP contribution in [0.5, 0.6) is 0 Å². The second-order valence-electron chi connectivity index (χ2n) is 4.33. The van der Waals surface area contributed by atoms with E-state index in [0.717, 1.165) is 22.9 Å². The summed E-state index contributed by atoms with van der Waals surface area (Å²) in [6.07, 6.45) is 0. The molecule has 0 aromatic carbocycles. The van der Waals surface area contributed by atoms with E-state index in [1.165, 1.54) is 11.3 Å². The minimum atomic E-state index is 0.163. The van der Waals surface area contributed by atoms with Gasteiger partial charge in [-0.05, 0) is 17.9 Å². The Morgan fingerprint density at radius 3 is 2.53 bits per heavy atom. The molecule has 15 heavy (non-hydrogen) atoms. The number of amides is 1. The summed E-state index contributed by atoms with van der Waals surface area (Å²) in [5, 5.41) is 1.90.